The molecule has 0 saturated heterocycles. The van der Waals surface area contributed by atoms with E-state index in [2.05, 4.69) is 0 Å². The first kappa shape index (κ1) is 24.9. The highest BCUT2D eigenvalue weighted by Crippen LogP contribution is 2.32. The van der Waals surface area contributed by atoms with E-state index in [-0.39, 0.29) is 45.4 Å². The lowest BCUT2D eigenvalue weighted by Gasteiger charge is -2.33. The average molecular weight is 475 g/mol. The summed E-state index contributed by atoms with van der Waals surface area (Å²) in [6, 6.07) is 0. The largest absolute Gasteiger partial charge is 0.481 e. The molecule has 30 heavy (non-hydrogen) atoms. The maximum Gasteiger partial charge on any atom is 0.307 e. The van der Waals surface area contributed by atoms with Crippen LogP contribution in [0.3, 0.4) is 0 Å². The van der Waals surface area contributed by atoms with Gasteiger partial charge in [0.1, 0.15) is 16.6 Å². The third-order valence-electron chi connectivity index (χ3n) is 5.53. The van der Waals surface area contributed by atoms with Crippen LogP contribution in [0.5, 0.6) is 0 Å². The molecule has 0 aromatic heterocycles. The number of rotatable bonds is 10. The lowest BCUT2D eigenvalue weighted by Crippen LogP contribution is -2.44. The van der Waals surface area contributed by atoms with Gasteiger partial charge in [0.15, 0.2) is 0 Å². The van der Waals surface area contributed by atoms with E-state index < -0.39 is 60.9 Å². The minimum Gasteiger partial charge on any atom is -0.481 e. The van der Waals surface area contributed by atoms with Crippen molar-refractivity contribution < 1.29 is 54.8 Å². The number of ether oxygens (including phenoxy) is 3. The second-order valence-electron chi connectivity index (χ2n) is 7.43. The van der Waals surface area contributed by atoms with E-state index in [1.807, 2.05) is 0 Å². The van der Waals surface area contributed by atoms with E-state index in [0.717, 1.165) is 0 Å². The molecule has 174 valence electrons. The highest BCUT2D eigenvalue weighted by atomic mass is 32.2. The Balaban J connectivity index is 1.81. The van der Waals surface area contributed by atoms with Crippen LogP contribution >= 0.6 is 0 Å². The number of carbonyl (C=O) groups is 2. The Bertz CT molecular complexity index is 808. The topological polar surface area (TPSA) is 191 Å². The molecule has 0 radical (unpaired) electrons. The molecule has 2 rings (SSSR count). The molecule has 0 aromatic rings. The smallest absolute Gasteiger partial charge is 0.307 e. The van der Waals surface area contributed by atoms with Gasteiger partial charge in [0.25, 0.3) is 26.7 Å². The number of hydrogen-bond donors (Lipinski definition) is 3. The summed E-state index contributed by atoms with van der Waals surface area (Å²) in [5.41, 5.74) is 0. The highest BCUT2D eigenvalue weighted by molar-refractivity contribution is 7.86. The van der Waals surface area contributed by atoms with Crippen molar-refractivity contribution in [2.45, 2.75) is 67.3 Å². The van der Waals surface area contributed by atoms with E-state index in [1.54, 1.807) is 0 Å². The van der Waals surface area contributed by atoms with Crippen LogP contribution in [0, 0.1) is 5.92 Å². The van der Waals surface area contributed by atoms with Crippen LogP contribution in [0.2, 0.25) is 0 Å². The Kier molecular flexibility index (Phi) is 8.59. The zero-order chi connectivity index (χ0) is 22.5. The predicted octanol–water partition coefficient (Wildman–Crippen LogP) is -0.120. The van der Waals surface area contributed by atoms with Crippen molar-refractivity contribution in [2.75, 3.05) is 13.2 Å². The Morgan fingerprint density at radius 2 is 1.37 bits per heavy atom. The maximum atomic E-state index is 11.5. The van der Waals surface area contributed by atoms with Gasteiger partial charge in [-0.2, -0.15) is 16.8 Å². The Morgan fingerprint density at radius 3 is 1.83 bits per heavy atom. The fourth-order valence-electron chi connectivity index (χ4n) is 4.04. The molecule has 2 aliphatic carbocycles. The van der Waals surface area contributed by atoms with Crippen molar-refractivity contribution in [1.82, 2.24) is 0 Å². The van der Waals surface area contributed by atoms with Crippen molar-refractivity contribution in [3.63, 3.8) is 0 Å². The Labute approximate surface area is 174 Å². The van der Waals surface area contributed by atoms with Gasteiger partial charge in [0.05, 0.1) is 31.3 Å². The molecule has 0 heterocycles. The third kappa shape index (κ3) is 6.85. The molecule has 0 bridgehead atoms. The summed E-state index contributed by atoms with van der Waals surface area (Å²) in [5, 5.41) is 6.39. The molecule has 6 unspecified atom stereocenters. The van der Waals surface area contributed by atoms with Gasteiger partial charge in [0, 0.05) is 0 Å². The number of aliphatic carboxylic acids is 1. The Morgan fingerprint density at radius 1 is 0.867 bits per heavy atom. The first-order valence-electron chi connectivity index (χ1n) is 9.41. The average Bonchev–Trinajstić information content (AvgIpc) is 2.64. The van der Waals surface area contributed by atoms with E-state index in [9.17, 15) is 35.5 Å². The minimum absolute atomic E-state index is 0.0436. The quantitative estimate of drug-likeness (QED) is 0.216. The zero-order valence-electron chi connectivity index (χ0n) is 16.0. The van der Waals surface area contributed by atoms with E-state index in [0.29, 0.717) is 12.8 Å². The van der Waals surface area contributed by atoms with E-state index in [1.165, 1.54) is 0 Å². The van der Waals surface area contributed by atoms with E-state index >= 15 is 0 Å². The van der Waals surface area contributed by atoms with Crippen LogP contribution in [0.4, 0.5) is 0 Å². The molecule has 6 atom stereocenters. The van der Waals surface area contributed by atoms with Crippen LogP contribution in [0.1, 0.15) is 38.5 Å². The summed E-state index contributed by atoms with van der Waals surface area (Å²) in [6.07, 6.45) is -1.30. The number of hydrogen-bond acceptors (Lipinski definition) is 9. The van der Waals surface area contributed by atoms with Crippen molar-refractivity contribution >= 4 is 32.7 Å². The van der Waals surface area contributed by atoms with Gasteiger partial charge in [-0.25, -0.2) is 0 Å². The predicted molar refractivity (Wildman–Crippen MR) is 99.9 cm³/mol. The monoisotopic (exact) mass is 474 g/mol. The first-order chi connectivity index (χ1) is 13.9. The first-order valence-corrected chi connectivity index (χ1v) is 12.4. The fourth-order valence-corrected chi connectivity index (χ4v) is 6.21. The van der Waals surface area contributed by atoms with E-state index in [4.69, 9.17) is 19.3 Å². The fraction of sp³-hybridized carbons (Fsp3) is 0.875. The molecule has 0 spiro atoms. The van der Waals surface area contributed by atoms with Gasteiger partial charge in [0.2, 0.25) is 0 Å². The van der Waals surface area contributed by atoms with Crippen LogP contribution in [-0.4, -0.2) is 85.5 Å². The Hall–Kier alpha value is -1.32. The summed E-state index contributed by atoms with van der Waals surface area (Å²) in [6.45, 7) is 0.232. The van der Waals surface area contributed by atoms with Crippen LogP contribution in [-0.2, 0) is 44.0 Å². The molecular formula is C16H26O12S2. The van der Waals surface area contributed by atoms with Crippen molar-refractivity contribution in [1.29, 1.82) is 0 Å². The molecule has 3 N–H and O–H groups in total. The molecule has 2 aliphatic rings. The van der Waals surface area contributed by atoms with Gasteiger partial charge < -0.3 is 19.3 Å². The summed E-state index contributed by atoms with van der Waals surface area (Å²) in [4.78, 5) is 21.7. The normalized spacial score (nSPS) is 33.0. The van der Waals surface area contributed by atoms with Crippen LogP contribution in [0.15, 0.2) is 0 Å². The zero-order valence-corrected chi connectivity index (χ0v) is 17.7. The summed E-state index contributed by atoms with van der Waals surface area (Å²) in [7, 11) is -8.97. The minimum atomic E-state index is -4.54. The molecule has 14 heteroatoms. The SMILES string of the molecule is O=COC1CCC(OCCOC2CCC(C(=O)O)C(S(=O)(=O)O)C2)CC1S(=O)(=O)O. The molecule has 0 aliphatic heterocycles. The van der Waals surface area contributed by atoms with Crippen LogP contribution < -0.4 is 0 Å². The van der Waals surface area contributed by atoms with Gasteiger partial charge in [-0.3, -0.25) is 18.7 Å². The standard InChI is InChI=1S/C16H26O12S2/c17-9-28-13-4-2-11(8-15(13)30(23,24)25)27-6-5-26-10-1-3-12(16(18)19)14(7-10)29(20,21)22/h9-15H,1-8H2,(H,18,19)(H,20,21,22)(H,23,24,25). The lowest BCUT2D eigenvalue weighted by molar-refractivity contribution is -0.143. The molecule has 2 fully saturated rings. The summed E-state index contributed by atoms with van der Waals surface area (Å²) >= 11 is 0. The van der Waals surface area contributed by atoms with Crippen molar-refractivity contribution in [3.8, 4) is 0 Å². The molecule has 0 amide bonds. The van der Waals surface area contributed by atoms with Gasteiger partial charge >= 0.3 is 5.97 Å². The third-order valence-corrected chi connectivity index (χ3v) is 8.08. The molecule has 0 aromatic carbocycles. The number of carboxylic acids is 1. The van der Waals surface area contributed by atoms with Gasteiger partial charge in [-0.05, 0) is 38.5 Å². The summed E-state index contributed by atoms with van der Waals surface area (Å²) < 4.78 is 80.5. The lowest BCUT2D eigenvalue weighted by atomic mass is 9.87. The van der Waals surface area contributed by atoms with Crippen LogP contribution in [0.25, 0.3) is 0 Å². The maximum absolute atomic E-state index is 11.5. The molecule has 2 saturated carbocycles. The van der Waals surface area contributed by atoms with Gasteiger partial charge in [-0.1, -0.05) is 0 Å². The number of carboxylic acid groups (broad SMARTS) is 1. The summed E-state index contributed by atoms with van der Waals surface area (Å²) in [5.74, 6) is -2.49. The second kappa shape index (κ2) is 10.3. The van der Waals surface area contributed by atoms with Gasteiger partial charge in [-0.15, -0.1) is 0 Å². The molecule has 12 nitrogen and oxygen atoms in total. The number of carbonyl (C=O) groups excluding carboxylic acids is 1. The van der Waals surface area contributed by atoms with Crippen molar-refractivity contribution in [3.05, 3.63) is 0 Å². The second-order valence-corrected chi connectivity index (χ2v) is 10.7. The van der Waals surface area contributed by atoms with Crippen molar-refractivity contribution in [2.24, 2.45) is 5.92 Å². The highest BCUT2D eigenvalue weighted by Gasteiger charge is 2.43. The molecular weight excluding hydrogens is 448 g/mol.